The van der Waals surface area contributed by atoms with Gasteiger partial charge in [0.2, 0.25) is 0 Å². The zero-order valence-electron chi connectivity index (χ0n) is 33.5. The van der Waals surface area contributed by atoms with Crippen molar-refractivity contribution in [1.29, 1.82) is 0 Å². The molecule has 2 bridgehead atoms. The van der Waals surface area contributed by atoms with Crippen molar-refractivity contribution in [1.82, 2.24) is 20.4 Å². The number of carbonyl (C=O) groups is 8. The van der Waals surface area contributed by atoms with Crippen LogP contribution in [0.3, 0.4) is 0 Å². The highest BCUT2D eigenvalue weighted by atomic mass is 16.6. The fourth-order valence-electron chi connectivity index (χ4n) is 5.70. The first-order valence-electron chi connectivity index (χ1n) is 17.6. The van der Waals surface area contributed by atoms with E-state index < -0.39 is 93.3 Å². The molecular formula is C38H56N4O12. The molecule has 3 rings (SSSR count). The van der Waals surface area contributed by atoms with Crippen molar-refractivity contribution < 1.29 is 57.3 Å². The number of nitrogens with one attached hydrogen (secondary N) is 2. The number of hydrogen-bond donors (Lipinski definition) is 2. The van der Waals surface area contributed by atoms with Crippen LogP contribution in [0.15, 0.2) is 37.5 Å². The first kappa shape index (κ1) is 45.1. The number of alkyl carbamates (subject to hydrolysis) is 2. The zero-order valence-corrected chi connectivity index (χ0v) is 33.5. The van der Waals surface area contributed by atoms with Gasteiger partial charge in [-0.25, -0.2) is 29.0 Å². The second kappa shape index (κ2) is 16.1. The van der Waals surface area contributed by atoms with Crippen LogP contribution < -0.4 is 10.6 Å². The van der Waals surface area contributed by atoms with Gasteiger partial charge in [-0.2, -0.15) is 0 Å². The third-order valence-corrected chi connectivity index (χ3v) is 7.64. The lowest BCUT2D eigenvalue weighted by molar-refractivity contribution is -0.136. The topological polar surface area (TPSA) is 204 Å². The van der Waals surface area contributed by atoms with E-state index in [-0.39, 0.29) is 25.7 Å². The van der Waals surface area contributed by atoms with Crippen molar-refractivity contribution in [3.05, 3.63) is 37.5 Å². The maximum absolute atomic E-state index is 13.2. The van der Waals surface area contributed by atoms with E-state index in [2.05, 4.69) is 23.8 Å². The molecule has 0 saturated carbocycles. The zero-order chi connectivity index (χ0) is 41.8. The van der Waals surface area contributed by atoms with Crippen molar-refractivity contribution in [3.8, 4) is 0 Å². The molecule has 2 saturated heterocycles. The molecule has 1 aliphatic carbocycles. The van der Waals surface area contributed by atoms with E-state index >= 15 is 0 Å². The molecule has 0 radical (unpaired) electrons. The van der Waals surface area contributed by atoms with Crippen molar-refractivity contribution in [2.24, 2.45) is 0 Å². The minimum Gasteiger partial charge on any atom is -0.444 e. The lowest BCUT2D eigenvalue weighted by Gasteiger charge is -2.29. The second-order valence-corrected chi connectivity index (χ2v) is 17.1. The number of imide groups is 2. The maximum atomic E-state index is 13.2. The molecule has 300 valence electrons. The largest absolute Gasteiger partial charge is 0.444 e. The number of carbonyl (C=O) groups excluding carboxylic acids is 8. The van der Waals surface area contributed by atoms with E-state index in [9.17, 15) is 38.4 Å². The molecule has 0 spiro atoms. The minimum absolute atomic E-state index is 0.0265. The van der Waals surface area contributed by atoms with Gasteiger partial charge in [0.1, 0.15) is 34.5 Å². The van der Waals surface area contributed by atoms with Gasteiger partial charge in [-0.1, -0.05) is 24.3 Å². The highest BCUT2D eigenvalue weighted by Crippen LogP contribution is 2.35. The van der Waals surface area contributed by atoms with Crippen molar-refractivity contribution in [2.75, 3.05) is 0 Å². The van der Waals surface area contributed by atoms with E-state index in [1.54, 1.807) is 95.2 Å². The number of amides is 6. The van der Waals surface area contributed by atoms with E-state index in [4.69, 9.17) is 18.9 Å². The molecule has 54 heavy (non-hydrogen) atoms. The van der Waals surface area contributed by atoms with E-state index in [0.717, 1.165) is 9.80 Å². The van der Waals surface area contributed by atoms with Gasteiger partial charge in [-0.15, -0.1) is 13.2 Å². The van der Waals surface area contributed by atoms with Crippen LogP contribution >= 0.6 is 0 Å². The van der Waals surface area contributed by atoms with Crippen molar-refractivity contribution in [2.45, 2.75) is 154 Å². The molecule has 0 aromatic heterocycles. The summed E-state index contributed by atoms with van der Waals surface area (Å²) in [4.78, 5) is 104. The van der Waals surface area contributed by atoms with Crippen LogP contribution in [0.5, 0.6) is 0 Å². The molecule has 6 amide bonds. The van der Waals surface area contributed by atoms with Gasteiger partial charge in [0.15, 0.2) is 22.6 Å². The monoisotopic (exact) mass is 760 g/mol. The predicted octanol–water partition coefficient (Wildman–Crippen LogP) is 5.43. The Hall–Kier alpha value is -5.02. The molecule has 2 aliphatic heterocycles. The molecule has 2 fully saturated rings. The first-order valence-corrected chi connectivity index (χ1v) is 17.6. The van der Waals surface area contributed by atoms with Gasteiger partial charge < -0.3 is 18.9 Å². The molecule has 3 aliphatic rings. The molecule has 2 unspecified atom stereocenters. The van der Waals surface area contributed by atoms with E-state index in [1.807, 2.05) is 0 Å². The number of Topliss-reactive ketones (excluding diaryl/α,β-unsaturated/α-hetero) is 2. The molecule has 16 heteroatoms. The Morgan fingerprint density at radius 1 is 0.685 bits per heavy atom. The summed E-state index contributed by atoms with van der Waals surface area (Å²) < 4.78 is 20.9. The fourth-order valence-corrected chi connectivity index (χ4v) is 5.70. The van der Waals surface area contributed by atoms with Gasteiger partial charge in [0.25, 0.3) is 11.8 Å². The first-order chi connectivity index (χ1) is 24.4. The van der Waals surface area contributed by atoms with Crippen LogP contribution in [0.1, 0.15) is 109 Å². The van der Waals surface area contributed by atoms with E-state index in [0.29, 0.717) is 0 Å². The number of rotatable bonds is 6. The van der Waals surface area contributed by atoms with Crippen LogP contribution in [0.4, 0.5) is 19.2 Å². The summed E-state index contributed by atoms with van der Waals surface area (Å²) in [5, 5.41) is 4.78. The summed E-state index contributed by atoms with van der Waals surface area (Å²) in [5.41, 5.74) is -7.17. The van der Waals surface area contributed by atoms with Crippen LogP contribution in [0.25, 0.3) is 0 Å². The SMILES string of the molecule is C=CC[C@H]1C(=O)[C@](CC=C)(NC(=O)OC(C)(C)C)C(=O)N1C(=O)OC(C)(C)C.CC(C)(C)OC(=O)NC12CC=CCC(C1=O)N(C(=O)OC(C)(C)C)C2=O. The average Bonchev–Trinajstić information content (AvgIpc) is 3.17. The number of ether oxygens (including phenoxy) is 4. The Kier molecular flexibility index (Phi) is 13.5. The Morgan fingerprint density at radius 2 is 1.15 bits per heavy atom. The van der Waals surface area contributed by atoms with Gasteiger partial charge in [0, 0.05) is 12.8 Å². The lowest BCUT2D eigenvalue weighted by atomic mass is 9.89. The molecule has 2 heterocycles. The highest BCUT2D eigenvalue weighted by Gasteiger charge is 2.63. The summed E-state index contributed by atoms with van der Waals surface area (Å²) in [6, 6.07) is -2.15. The number of nitrogens with zero attached hydrogens (tertiary/aromatic N) is 2. The number of ketones is 2. The molecule has 2 N–H and O–H groups in total. The minimum atomic E-state index is -1.99. The Labute approximate surface area is 317 Å². The van der Waals surface area contributed by atoms with Crippen LogP contribution in [0, 0.1) is 0 Å². The smallest absolute Gasteiger partial charge is 0.417 e. The Balaban J connectivity index is 0.000000374. The molecule has 0 aromatic rings. The molecule has 0 aromatic carbocycles. The van der Waals surface area contributed by atoms with Gasteiger partial charge >= 0.3 is 24.4 Å². The second-order valence-electron chi connectivity index (χ2n) is 17.1. The third kappa shape index (κ3) is 10.8. The third-order valence-electron chi connectivity index (χ3n) is 7.64. The fraction of sp³-hybridized carbons (Fsp3) is 0.632. The van der Waals surface area contributed by atoms with Crippen LogP contribution in [0.2, 0.25) is 0 Å². The van der Waals surface area contributed by atoms with Gasteiger partial charge in [-0.3, -0.25) is 29.8 Å². The van der Waals surface area contributed by atoms with Crippen molar-refractivity contribution in [3.63, 3.8) is 0 Å². The van der Waals surface area contributed by atoms with Gasteiger partial charge in [-0.05, 0) is 95.9 Å². The summed E-state index contributed by atoms with van der Waals surface area (Å²) in [5.74, 6) is -2.86. The maximum Gasteiger partial charge on any atom is 0.417 e. The summed E-state index contributed by atoms with van der Waals surface area (Å²) in [7, 11) is 0. The molecular weight excluding hydrogens is 704 g/mol. The van der Waals surface area contributed by atoms with E-state index in [1.165, 1.54) is 12.2 Å². The average molecular weight is 761 g/mol. The van der Waals surface area contributed by atoms with Crippen LogP contribution in [-0.4, -0.2) is 103 Å². The number of hydrogen-bond acceptors (Lipinski definition) is 12. The highest BCUT2D eigenvalue weighted by molar-refractivity contribution is 6.25. The Morgan fingerprint density at radius 3 is 1.59 bits per heavy atom. The Bertz CT molecular complexity index is 1590. The molecule has 4 atom stereocenters. The van der Waals surface area contributed by atoms with Crippen LogP contribution in [-0.2, 0) is 38.1 Å². The quantitative estimate of drug-likeness (QED) is 0.198. The molecule has 16 nitrogen and oxygen atoms in total. The number of fused-ring (bicyclic) bond motifs is 2. The van der Waals surface area contributed by atoms with Gasteiger partial charge in [0.05, 0.1) is 0 Å². The summed E-state index contributed by atoms with van der Waals surface area (Å²) in [6.45, 7) is 27.1. The lowest BCUT2D eigenvalue weighted by Crippen LogP contribution is -2.59. The summed E-state index contributed by atoms with van der Waals surface area (Å²) >= 11 is 0. The summed E-state index contributed by atoms with van der Waals surface area (Å²) in [6.07, 6.45) is 2.39. The standard InChI is InChI=1S/C20H30N2O6.C18H26N2O6/c1-9-11-13-14(23)20(12-10-2,21-16(25)27-18(3,4)5)15(24)22(13)17(26)28-19(6,7)8;1-16(2,3)25-14(23)19-18-10-8-7-9-11(12(18)21)20(13(18)22)15(24)26-17(4,5)6/h9-10,13H,1-2,11-12H2,3-8H3,(H,21,25);7-8,11H,9-10H2,1-6H3,(H,19,23)/t13-,20-;/m0./s1. The normalized spacial score (nSPS) is 24.1. The predicted molar refractivity (Wildman–Crippen MR) is 196 cm³/mol. The number of likely N-dealkylation sites (tertiary alicyclic amines) is 2. The van der Waals surface area contributed by atoms with Crippen molar-refractivity contribution >= 4 is 47.8 Å².